The Bertz CT molecular complexity index is 5670. The molecule has 24 N–H and O–H groups in total. The molecule has 52 nitrogen and oxygen atoms in total. The third-order valence-electron chi connectivity index (χ3n) is 17.4. The number of carboxylic acids is 8. The molecular weight excluding hydrogens is 1700 g/mol. The number of aliphatic carboxylic acids is 8. The molecule has 0 saturated heterocycles. The smallest absolute Gasteiger partial charge is 0.550 e. The number of nitrogen functional groups attached to an aromatic ring is 4. The fourth-order valence-electron chi connectivity index (χ4n) is 11.0. The Morgan fingerprint density at radius 1 is 0.302 bits per heavy atom. The molecule has 0 radical (unpaired) electrons. The molecule has 0 aliphatic rings. The molecule has 129 heavy (non-hydrogen) atoms. The first-order valence-corrected chi connectivity index (χ1v) is 37.3. The van der Waals surface area contributed by atoms with Crippen molar-refractivity contribution in [3.05, 3.63) is 216 Å². The minimum absolute atomic E-state index is 0. The van der Waals surface area contributed by atoms with Gasteiger partial charge in [-0.15, -0.1) is 0 Å². The number of nitrogens with two attached hydrogens (primary N) is 4. The van der Waals surface area contributed by atoms with Crippen LogP contribution < -0.4 is 108 Å². The van der Waals surface area contributed by atoms with Gasteiger partial charge in [-0.1, -0.05) is 0 Å². The van der Waals surface area contributed by atoms with E-state index in [1.165, 1.54) is 73.3 Å². The van der Waals surface area contributed by atoms with Crippen LogP contribution in [0.25, 0.3) is 44.7 Å². The Balaban J connectivity index is 0.000000212. The van der Waals surface area contributed by atoms with Crippen LogP contribution in [-0.2, 0) is 64.5 Å². The summed E-state index contributed by atoms with van der Waals surface area (Å²) in [7, 11) is 0. The molecule has 0 aliphatic carbocycles. The Kier molecular flexibility index (Phi) is 33.6. The number of carbonyl (C=O) groups excluding carboxylic acids is 8. The van der Waals surface area contributed by atoms with Crippen LogP contribution >= 0.6 is 0 Å². The number of aromatic amines is 4. The van der Waals surface area contributed by atoms with Crippen molar-refractivity contribution in [3.8, 4) is 0 Å². The number of nitrogens with zero attached hydrogens (tertiary/aromatic N) is 12. The summed E-state index contributed by atoms with van der Waals surface area (Å²) in [4.78, 5) is 242. The second kappa shape index (κ2) is 45.1. The summed E-state index contributed by atoms with van der Waals surface area (Å²) in [6, 6.07) is 19.1. The van der Waals surface area contributed by atoms with Gasteiger partial charge in [0.15, 0.2) is 44.7 Å². The minimum atomic E-state index is -1.40. The van der Waals surface area contributed by atoms with Crippen molar-refractivity contribution < 1.29 is 98.4 Å². The van der Waals surface area contributed by atoms with Gasteiger partial charge < -0.3 is 125 Å². The molecule has 4 atom stereocenters. The number of H-pyrrole nitrogens is 4. The van der Waals surface area contributed by atoms with E-state index in [2.05, 4.69) is 122 Å². The maximum Gasteiger partial charge on any atom is 4.00 e. The van der Waals surface area contributed by atoms with Crippen molar-refractivity contribution in [1.29, 1.82) is 0 Å². The van der Waals surface area contributed by atoms with E-state index in [-0.39, 0.29) is 150 Å². The average molecular weight is 1770 g/mol. The molecule has 12 aromatic rings. The summed E-state index contributed by atoms with van der Waals surface area (Å²) < 4.78 is 0. The zero-order valence-electron chi connectivity index (χ0n) is 66.5. The van der Waals surface area contributed by atoms with E-state index in [1.807, 2.05) is 0 Å². The molecule has 8 heterocycles. The van der Waals surface area contributed by atoms with E-state index >= 15 is 0 Å². The molecule has 0 spiro atoms. The number of amides is 4. The Morgan fingerprint density at radius 2 is 0.481 bits per heavy atom. The zero-order valence-corrected chi connectivity index (χ0v) is 66.5. The van der Waals surface area contributed by atoms with E-state index < -0.39 is 143 Å². The molecular formula is C77H72N28O24. The molecule has 0 fully saturated rings. The van der Waals surface area contributed by atoms with E-state index in [9.17, 15) is 97.1 Å². The Morgan fingerprint density at radius 3 is 0.643 bits per heavy atom. The predicted molar refractivity (Wildman–Crippen MR) is 440 cm³/mol. The second-order valence-corrected chi connectivity index (χ2v) is 26.8. The first-order valence-electron chi connectivity index (χ1n) is 37.3. The predicted octanol–water partition coefficient (Wildman–Crippen LogP) is -5.44. The van der Waals surface area contributed by atoms with Crippen LogP contribution in [0.1, 0.15) is 116 Å². The van der Waals surface area contributed by atoms with Crippen molar-refractivity contribution in [2.24, 2.45) is 0 Å². The summed E-state index contributed by atoms with van der Waals surface area (Å²) in [5, 5.41) is 99.9. The van der Waals surface area contributed by atoms with Crippen LogP contribution in [0, 0.1) is 7.43 Å². The van der Waals surface area contributed by atoms with Crippen molar-refractivity contribution in [2.75, 3.05) is 44.2 Å². The molecule has 4 aromatic carbocycles. The van der Waals surface area contributed by atoms with Gasteiger partial charge in [-0.05, 0) is 148 Å². The van der Waals surface area contributed by atoms with E-state index in [0.29, 0.717) is 45.5 Å². The topological polar surface area (TPSA) is 864 Å². The van der Waals surface area contributed by atoms with Crippen LogP contribution in [0.15, 0.2) is 141 Å². The van der Waals surface area contributed by atoms with Gasteiger partial charge in [0, 0.05) is 68.9 Å². The number of carbonyl (C=O) groups is 12. The van der Waals surface area contributed by atoms with Gasteiger partial charge in [0.2, 0.25) is 23.8 Å². The fourth-order valence-corrected chi connectivity index (χ4v) is 11.0. The SMILES string of the molecule is Nc1nc2ncc(CNc3ccc(C(=O)NC(CCC(=O)[O-])C(=O)O)cc3)nc2c(=O)[nH]1.Nc1nc2ncc(CNc3ccc(C(=O)NC(CCC(=O)[O-])C(=O)O)cc3)nc2c(=O)[nH]1.Nc1nc2ncc(CNc3ccc(C(=O)NC(CCC(=O)[O-])C(=O)O)cc3)nc2c(=O)[nH]1.Nc1nc2ncc(CNc3ccc(C(=O)NC(CCC(=O)[O-])C(=O)O)cc3)nc2c(=O)[nH]1.[C+4]. The van der Waals surface area contributed by atoms with Gasteiger partial charge in [-0.2, -0.15) is 19.9 Å². The summed E-state index contributed by atoms with van der Waals surface area (Å²) >= 11 is 0. The second-order valence-electron chi connectivity index (χ2n) is 26.8. The molecule has 0 saturated carbocycles. The molecule has 8 aromatic heterocycles. The summed E-state index contributed by atoms with van der Waals surface area (Å²) in [6.07, 6.45) is 2.65. The number of carboxylic acid groups (broad SMARTS) is 8. The standard InChI is InChI=1S/4C19H19N7O6.C/c4*20-19-25-15-14(17(30)26-19)23-11(8-22-15)7-21-10-3-1-9(2-4-10)16(29)24-12(18(31)32)5-6-13(27)28;/h4*1-4,8,12,21H,5-7H2,(H,24,29)(H,27,28)(H,31,32)(H3,20,22,25,26,30);/q;;;;+4/p-4. The van der Waals surface area contributed by atoms with Gasteiger partial charge in [0.25, 0.3) is 45.9 Å². The number of hydrogen-bond acceptors (Lipinski definition) is 40. The maximum atomic E-state index is 12.3. The number of anilines is 8. The van der Waals surface area contributed by atoms with Crippen LogP contribution in [0.2, 0.25) is 0 Å². The van der Waals surface area contributed by atoms with Crippen molar-refractivity contribution >= 4 is 163 Å². The van der Waals surface area contributed by atoms with Gasteiger partial charge >= 0.3 is 31.3 Å². The first kappa shape index (κ1) is 96.3. The van der Waals surface area contributed by atoms with Gasteiger partial charge in [-0.25, -0.2) is 59.0 Å². The van der Waals surface area contributed by atoms with Crippen LogP contribution in [-0.4, -0.2) is 196 Å². The molecule has 4 amide bonds. The monoisotopic (exact) mass is 1770 g/mol. The number of aromatic nitrogens is 16. The van der Waals surface area contributed by atoms with Crippen LogP contribution in [0.3, 0.4) is 0 Å². The van der Waals surface area contributed by atoms with Gasteiger partial charge in [0.05, 0.1) is 73.7 Å². The molecule has 0 aliphatic heterocycles. The van der Waals surface area contributed by atoms with Crippen LogP contribution in [0.5, 0.6) is 0 Å². The van der Waals surface area contributed by atoms with Gasteiger partial charge in [-0.3, -0.25) is 58.3 Å². The number of hydrogen-bond donors (Lipinski definition) is 20. The number of benzene rings is 4. The van der Waals surface area contributed by atoms with Crippen LogP contribution in [0.4, 0.5) is 46.5 Å². The third kappa shape index (κ3) is 29.0. The quantitative estimate of drug-likeness (QED) is 0.0174. The number of rotatable bonds is 36. The van der Waals surface area contributed by atoms with E-state index in [0.717, 1.165) is 0 Å². The Hall–Kier alpha value is -18.2. The normalized spacial score (nSPS) is 11.5. The average Bonchev–Trinajstić information content (AvgIpc) is 0.819. The van der Waals surface area contributed by atoms with Gasteiger partial charge in [0.1, 0.15) is 24.2 Å². The Labute approximate surface area is 720 Å². The van der Waals surface area contributed by atoms with E-state index in [1.54, 1.807) is 48.5 Å². The molecule has 4 unspecified atom stereocenters. The first-order chi connectivity index (χ1) is 60.9. The molecule has 664 valence electrons. The number of fused-ring (bicyclic) bond motifs is 4. The maximum absolute atomic E-state index is 12.3. The zero-order chi connectivity index (χ0) is 93.0. The number of nitrogens with one attached hydrogen (secondary N) is 12. The largest absolute Gasteiger partial charge is 4.00 e. The summed E-state index contributed by atoms with van der Waals surface area (Å²) in [6.45, 7) is 0.899. The molecule has 0 bridgehead atoms. The summed E-state index contributed by atoms with van der Waals surface area (Å²) in [5.74, 6) is -13.8. The van der Waals surface area contributed by atoms with Crippen molar-refractivity contribution in [3.63, 3.8) is 0 Å². The molecule has 52 heteroatoms. The molecule has 12 rings (SSSR count). The fraction of sp³-hybridized carbons (Fsp3) is 0.208. The third-order valence-corrected chi connectivity index (χ3v) is 17.4. The van der Waals surface area contributed by atoms with Crippen molar-refractivity contribution in [2.45, 2.75) is 102 Å². The van der Waals surface area contributed by atoms with E-state index in [4.69, 9.17) is 43.4 Å². The van der Waals surface area contributed by atoms with Crippen molar-refractivity contribution in [1.82, 2.24) is 101 Å². The minimum Gasteiger partial charge on any atom is -0.550 e. The summed E-state index contributed by atoms with van der Waals surface area (Å²) in [5.41, 5.74) is 25.7.